The normalized spacial score (nSPS) is 13.8. The van der Waals surface area contributed by atoms with E-state index in [-0.39, 0.29) is 30.7 Å². The van der Waals surface area contributed by atoms with E-state index >= 15 is 0 Å². The van der Waals surface area contributed by atoms with E-state index in [1.807, 2.05) is 0 Å². The van der Waals surface area contributed by atoms with Gasteiger partial charge in [-0.25, -0.2) is 0 Å². The maximum Gasteiger partial charge on any atom is -1.00 e. The molecule has 0 radical (unpaired) electrons. The standard InChI is InChI=1S/C12H11Si.C9H7.C2H5NO.2ClH.Hf/c1-3-7-11(8-4-1)13-12-9-5-2-6-10-12;1-2-5-9-7-3-6-8(9)4-1;1-2(3)4;;;/h1-10,13H;1-7H;1H3,(H2,3,4);2*1H;/q;;;;;+3/p-3. The van der Waals surface area contributed by atoms with Crippen molar-refractivity contribution in [2.45, 2.75) is 10.6 Å². The smallest absolute Gasteiger partial charge is 1.00 e. The summed E-state index contributed by atoms with van der Waals surface area (Å²) in [6, 6.07) is 30.4. The van der Waals surface area contributed by atoms with Gasteiger partial charge in [-0.1, -0.05) is 0 Å². The van der Waals surface area contributed by atoms with Crippen LogP contribution in [0.3, 0.4) is 0 Å². The summed E-state index contributed by atoms with van der Waals surface area (Å²) in [6.07, 6.45) is 4.60. The molecular formula is C23H22Cl2HfNOSi. The third-order valence-corrected chi connectivity index (χ3v) is 32.3. The van der Waals surface area contributed by atoms with Gasteiger partial charge in [0.1, 0.15) is 0 Å². The van der Waals surface area contributed by atoms with Crippen molar-refractivity contribution in [1.29, 1.82) is 0 Å². The van der Waals surface area contributed by atoms with Gasteiger partial charge in [0.2, 0.25) is 0 Å². The van der Waals surface area contributed by atoms with Crippen molar-refractivity contribution >= 4 is 28.3 Å². The molecule has 1 aliphatic rings. The average molecular weight is 606 g/mol. The van der Waals surface area contributed by atoms with Crippen LogP contribution in [0.15, 0.2) is 91.0 Å². The molecule has 0 bridgehead atoms. The van der Waals surface area contributed by atoms with Crippen LogP contribution in [-0.4, -0.2) is 11.9 Å². The predicted molar refractivity (Wildman–Crippen MR) is 111 cm³/mol. The van der Waals surface area contributed by atoms with Gasteiger partial charge >= 0.3 is 170 Å². The number of nitrogens with one attached hydrogen (secondary N) is 1. The second kappa shape index (κ2) is 11.1. The molecule has 1 aliphatic carbocycles. The summed E-state index contributed by atoms with van der Waals surface area (Å²) in [5.41, 5.74) is 2.71. The molecule has 2 nitrogen and oxygen atoms in total. The maximum atomic E-state index is 12.2. The van der Waals surface area contributed by atoms with Crippen molar-refractivity contribution in [3.05, 3.63) is 102 Å². The Balaban J connectivity index is 0.00000150. The maximum absolute atomic E-state index is 12.2. The number of carbonyl (C=O) groups excluding carboxylic acids is 1. The van der Waals surface area contributed by atoms with E-state index in [0.29, 0.717) is 3.67 Å². The zero-order valence-electron chi connectivity index (χ0n) is 16.1. The van der Waals surface area contributed by atoms with Crippen molar-refractivity contribution < 1.29 is 50.5 Å². The summed E-state index contributed by atoms with van der Waals surface area (Å²) >= 11 is -2.64. The van der Waals surface area contributed by atoms with Crippen LogP contribution in [0.25, 0.3) is 6.08 Å². The van der Waals surface area contributed by atoms with Crippen LogP contribution in [-0.2, 0) is 25.7 Å². The Hall–Kier alpha value is -1.46. The first-order chi connectivity index (χ1) is 13.2. The minimum atomic E-state index is -2.64. The molecule has 3 aromatic carbocycles. The number of halogens is 2. The summed E-state index contributed by atoms with van der Waals surface area (Å²) < 4.78 is 3.95. The predicted octanol–water partition coefficient (Wildman–Crippen LogP) is -3.03. The summed E-state index contributed by atoms with van der Waals surface area (Å²) in [5.74, 6) is -1.38. The van der Waals surface area contributed by atoms with Crippen LogP contribution in [0.1, 0.15) is 21.7 Å². The molecule has 4 rings (SSSR count). The third kappa shape index (κ3) is 5.37. The van der Waals surface area contributed by atoms with Gasteiger partial charge in [-0.15, -0.1) is 0 Å². The van der Waals surface area contributed by atoms with E-state index in [2.05, 4.69) is 100 Å². The van der Waals surface area contributed by atoms with Crippen molar-refractivity contribution in [3.63, 3.8) is 0 Å². The van der Waals surface area contributed by atoms with E-state index in [9.17, 15) is 4.79 Å². The number of allylic oxidation sites excluding steroid dienone is 1. The summed E-state index contributed by atoms with van der Waals surface area (Å²) in [4.78, 5) is 12.2. The molecule has 1 unspecified atom stereocenters. The second-order valence-corrected chi connectivity index (χ2v) is 26.8. The number of amides is 1. The average Bonchev–Trinajstić information content (AvgIpc) is 3.13. The summed E-state index contributed by atoms with van der Waals surface area (Å²) in [5, 5.41) is 2.88. The molecule has 0 saturated carbocycles. The Morgan fingerprint density at radius 2 is 1.34 bits per heavy atom. The Morgan fingerprint density at radius 1 is 0.828 bits per heavy atom. The van der Waals surface area contributed by atoms with E-state index in [1.165, 1.54) is 21.5 Å². The molecule has 3 aromatic rings. The monoisotopic (exact) mass is 606 g/mol. The number of benzene rings is 3. The SMILES string of the molecule is CC(=O)[NH][Hf+2]([CH]1C=Cc2ccccc21)[SiH](c1ccccc1)c1ccccc1.[Cl-].[Cl-]. The largest absolute Gasteiger partial charge is 1.00 e. The minimum Gasteiger partial charge on any atom is -1.00 e. The topological polar surface area (TPSA) is 29.1 Å². The van der Waals surface area contributed by atoms with Gasteiger partial charge in [-0.2, -0.15) is 0 Å². The van der Waals surface area contributed by atoms with Crippen molar-refractivity contribution in [1.82, 2.24) is 3.30 Å². The van der Waals surface area contributed by atoms with Crippen molar-refractivity contribution in [2.75, 3.05) is 0 Å². The molecule has 0 heterocycles. The molecule has 29 heavy (non-hydrogen) atoms. The van der Waals surface area contributed by atoms with Gasteiger partial charge in [-0.05, 0) is 0 Å². The Kier molecular flexibility index (Phi) is 9.09. The number of carbonyl (C=O) groups is 1. The summed E-state index contributed by atoms with van der Waals surface area (Å²) in [7, 11) is 0. The van der Waals surface area contributed by atoms with Crippen LogP contribution >= 0.6 is 0 Å². The van der Waals surface area contributed by atoms with Crippen LogP contribution in [0, 0.1) is 0 Å². The van der Waals surface area contributed by atoms with Gasteiger partial charge in [0.15, 0.2) is 0 Å². The van der Waals surface area contributed by atoms with Crippen molar-refractivity contribution in [3.8, 4) is 0 Å². The van der Waals surface area contributed by atoms with Crippen LogP contribution in [0.2, 0.25) is 0 Å². The molecule has 0 aromatic heterocycles. The number of hydrogen-bond acceptors (Lipinski definition) is 1. The van der Waals surface area contributed by atoms with Crippen LogP contribution < -0.4 is 38.5 Å². The molecule has 1 atom stereocenters. The Morgan fingerprint density at radius 3 is 1.90 bits per heavy atom. The third-order valence-electron chi connectivity index (χ3n) is 5.03. The van der Waals surface area contributed by atoms with E-state index in [4.69, 9.17) is 0 Å². The Labute approximate surface area is 193 Å². The summed E-state index contributed by atoms with van der Waals surface area (Å²) in [6.45, 7) is 1.68. The fourth-order valence-electron chi connectivity index (χ4n) is 3.90. The van der Waals surface area contributed by atoms with Gasteiger partial charge in [0, 0.05) is 0 Å². The van der Waals surface area contributed by atoms with Crippen LogP contribution in [0.4, 0.5) is 0 Å². The van der Waals surface area contributed by atoms with E-state index in [0.717, 1.165) is 0 Å². The van der Waals surface area contributed by atoms with Crippen molar-refractivity contribution in [2.24, 2.45) is 0 Å². The Bertz CT molecular complexity index is 929. The molecule has 0 aliphatic heterocycles. The first kappa shape index (κ1) is 23.8. The quantitative estimate of drug-likeness (QED) is 0.309. The zero-order valence-corrected chi connectivity index (χ0v) is 22.3. The first-order valence-corrected chi connectivity index (χ1v) is 21.1. The zero-order chi connectivity index (χ0) is 18.6. The molecule has 6 heteroatoms. The number of hydrogen-bond donors (Lipinski definition) is 1. The van der Waals surface area contributed by atoms with Gasteiger partial charge in [0.05, 0.1) is 0 Å². The fraction of sp³-hybridized carbons (Fsp3) is 0.0870. The molecule has 1 N–H and O–H groups in total. The molecule has 147 valence electrons. The van der Waals surface area contributed by atoms with Gasteiger partial charge < -0.3 is 24.8 Å². The van der Waals surface area contributed by atoms with E-state index < -0.39 is 26.9 Å². The van der Waals surface area contributed by atoms with Gasteiger partial charge in [0.25, 0.3) is 0 Å². The molecule has 0 fully saturated rings. The molecule has 1 amide bonds. The molecule has 0 spiro atoms. The molecular weight excluding hydrogens is 584 g/mol. The van der Waals surface area contributed by atoms with Gasteiger partial charge in [-0.3, -0.25) is 0 Å². The number of fused-ring (bicyclic) bond motifs is 1. The number of rotatable bonds is 5. The molecule has 0 saturated heterocycles. The first-order valence-electron chi connectivity index (χ1n) is 9.25. The minimum absolute atomic E-state index is 0. The van der Waals surface area contributed by atoms with E-state index in [1.54, 1.807) is 6.92 Å². The fourth-order valence-corrected chi connectivity index (χ4v) is 33.3. The van der Waals surface area contributed by atoms with Crippen LogP contribution in [0.5, 0.6) is 0 Å². The second-order valence-electron chi connectivity index (χ2n) is 6.86.